The minimum absolute atomic E-state index is 0.00683. The number of halogens is 9. The topological polar surface area (TPSA) is 70.3 Å². The summed E-state index contributed by atoms with van der Waals surface area (Å²) < 4.78 is 124. The van der Waals surface area contributed by atoms with Gasteiger partial charge in [-0.05, 0) is 72.4 Å². The Hall–Kier alpha value is -3.56. The maximum absolute atomic E-state index is 14.1. The van der Waals surface area contributed by atoms with Gasteiger partial charge in [0.1, 0.15) is 0 Å². The smallest absolute Gasteiger partial charge is 0.395 e. The van der Waals surface area contributed by atoms with Crippen LogP contribution in [0.2, 0.25) is 0 Å². The number of anilines is 2. The molecule has 1 unspecified atom stereocenters. The van der Waals surface area contributed by atoms with Crippen LogP contribution in [0.5, 0.6) is 0 Å². The molecular weight excluding hydrogens is 583 g/mol. The number of rotatable bonds is 6. The van der Waals surface area contributed by atoms with Crippen LogP contribution in [-0.4, -0.2) is 45.0 Å². The second kappa shape index (κ2) is 11.3. The Bertz CT molecular complexity index is 1400. The highest BCUT2D eigenvalue weighted by molar-refractivity contribution is 5.67. The molecule has 1 aliphatic heterocycles. The first-order chi connectivity index (χ1) is 19.4. The summed E-state index contributed by atoms with van der Waals surface area (Å²) in [6.07, 6.45) is -14.2. The molecule has 0 saturated carbocycles. The van der Waals surface area contributed by atoms with Gasteiger partial charge >= 0.3 is 18.5 Å². The van der Waals surface area contributed by atoms with E-state index < -0.39 is 47.8 Å². The highest BCUT2D eigenvalue weighted by Crippen LogP contribution is 2.46. The lowest BCUT2D eigenvalue weighted by atomic mass is 9.90. The lowest BCUT2D eigenvalue weighted by Crippen LogP contribution is -2.32. The summed E-state index contributed by atoms with van der Waals surface area (Å²) in [7, 11) is 1.41. The molecule has 0 aliphatic carbocycles. The summed E-state index contributed by atoms with van der Waals surface area (Å²) in [6, 6.07) is 1.67. The molecule has 42 heavy (non-hydrogen) atoms. The fraction of sp³-hybridized carbons (Fsp3) is 0.500. The molecule has 1 aliphatic rings. The number of hydrogen-bond donors (Lipinski definition) is 1. The van der Waals surface area contributed by atoms with Crippen molar-refractivity contribution in [1.82, 2.24) is 20.2 Å². The minimum atomic E-state index is -5.08. The first-order valence-corrected chi connectivity index (χ1v) is 12.8. The van der Waals surface area contributed by atoms with Crippen molar-refractivity contribution in [3.05, 3.63) is 63.2 Å². The predicted octanol–water partition coefficient (Wildman–Crippen LogP) is 6.22. The number of aryl methyl sites for hydroxylation is 2. The molecule has 1 aromatic heterocycles. The Balaban J connectivity index is 1.94. The van der Waals surface area contributed by atoms with Crippen molar-refractivity contribution in [3.63, 3.8) is 0 Å². The Morgan fingerprint density at radius 1 is 0.929 bits per heavy atom. The van der Waals surface area contributed by atoms with Crippen molar-refractivity contribution in [3.8, 4) is 0 Å². The number of aromatic nitrogens is 4. The van der Waals surface area contributed by atoms with E-state index in [2.05, 4.69) is 15.4 Å². The van der Waals surface area contributed by atoms with Crippen LogP contribution >= 0.6 is 0 Å². The van der Waals surface area contributed by atoms with Crippen LogP contribution in [0.1, 0.15) is 57.8 Å². The third-order valence-electron chi connectivity index (χ3n) is 7.14. The van der Waals surface area contributed by atoms with E-state index in [9.17, 15) is 44.6 Å². The number of aliphatic hydroxyl groups excluding tert-OH is 1. The molecule has 16 heteroatoms. The van der Waals surface area contributed by atoms with Crippen molar-refractivity contribution in [2.24, 2.45) is 7.05 Å². The van der Waals surface area contributed by atoms with Crippen molar-refractivity contribution in [2.45, 2.75) is 57.8 Å². The normalized spacial score (nSPS) is 16.4. The Morgan fingerprint density at radius 2 is 1.55 bits per heavy atom. The molecule has 3 aromatic rings. The number of fused-ring (bicyclic) bond motifs is 1. The molecule has 0 spiro atoms. The number of aliphatic hydroxyl groups is 1. The van der Waals surface area contributed by atoms with Crippen LogP contribution in [0.25, 0.3) is 0 Å². The zero-order valence-electron chi connectivity index (χ0n) is 22.7. The lowest BCUT2D eigenvalue weighted by molar-refractivity contribution is -0.143. The van der Waals surface area contributed by atoms with Gasteiger partial charge in [0, 0.05) is 25.3 Å². The molecule has 0 saturated heterocycles. The van der Waals surface area contributed by atoms with E-state index in [1.807, 2.05) is 0 Å². The van der Waals surface area contributed by atoms with Crippen molar-refractivity contribution < 1.29 is 44.6 Å². The third kappa shape index (κ3) is 6.42. The van der Waals surface area contributed by atoms with E-state index in [-0.39, 0.29) is 60.5 Å². The fourth-order valence-corrected chi connectivity index (χ4v) is 5.54. The maximum atomic E-state index is 14.1. The first kappa shape index (κ1) is 31.4. The summed E-state index contributed by atoms with van der Waals surface area (Å²) in [4.78, 5) is 4.01. The number of nitrogens with zero attached hydrogens (tertiary/aromatic N) is 6. The Morgan fingerprint density at radius 3 is 2.05 bits per heavy atom. The van der Waals surface area contributed by atoms with E-state index in [0.29, 0.717) is 24.1 Å². The Kier molecular flexibility index (Phi) is 8.41. The summed E-state index contributed by atoms with van der Waals surface area (Å²) >= 11 is 0. The minimum Gasteiger partial charge on any atom is -0.395 e. The third-order valence-corrected chi connectivity index (χ3v) is 7.14. The standard InChI is InChI=1S/C26H27F9N6O/c1-14-9-19-20(5-4-6-40(7-8-42)22(19)15(2)21(14)26(33,34)35)41(23-36-38-39(3)37-23)13-16-10-17(24(27,28)29)12-18(11-16)25(30,31)32/h9-12,20,42H,4-8,13H2,1-3H3. The SMILES string of the molecule is Cc1cc2c(c(C)c1C(F)(F)F)N(CCO)CCCC2N(Cc1cc(C(F)(F)F)cc(C(F)(F)F)c1)c1nnn(C)n1. The summed E-state index contributed by atoms with van der Waals surface area (Å²) in [5, 5.41) is 21.5. The average Bonchev–Trinajstić information content (AvgIpc) is 3.20. The molecule has 2 heterocycles. The molecule has 1 atom stereocenters. The van der Waals surface area contributed by atoms with Crippen molar-refractivity contribution in [2.75, 3.05) is 29.5 Å². The van der Waals surface area contributed by atoms with Gasteiger partial charge in [0.2, 0.25) is 0 Å². The maximum Gasteiger partial charge on any atom is 0.416 e. The molecule has 1 N–H and O–H groups in total. The molecule has 0 radical (unpaired) electrons. The molecule has 4 rings (SSSR count). The van der Waals surface area contributed by atoms with Gasteiger partial charge in [-0.3, -0.25) is 0 Å². The monoisotopic (exact) mass is 610 g/mol. The second-order valence-corrected chi connectivity index (χ2v) is 10.1. The van der Waals surface area contributed by atoms with E-state index in [0.717, 1.165) is 4.80 Å². The zero-order valence-corrected chi connectivity index (χ0v) is 22.7. The number of alkyl halides is 9. The van der Waals surface area contributed by atoms with Gasteiger partial charge in [-0.2, -0.15) is 44.3 Å². The van der Waals surface area contributed by atoms with Crippen LogP contribution in [0.4, 0.5) is 51.1 Å². The highest BCUT2D eigenvalue weighted by atomic mass is 19.4. The van der Waals surface area contributed by atoms with Gasteiger partial charge in [-0.1, -0.05) is 11.2 Å². The molecule has 0 fully saturated rings. The van der Waals surface area contributed by atoms with Gasteiger partial charge < -0.3 is 14.9 Å². The van der Waals surface area contributed by atoms with Gasteiger partial charge in [-0.15, -0.1) is 5.10 Å². The van der Waals surface area contributed by atoms with Crippen LogP contribution in [0.3, 0.4) is 0 Å². The first-order valence-electron chi connectivity index (χ1n) is 12.8. The summed E-state index contributed by atoms with van der Waals surface area (Å²) in [5.74, 6) is -0.134. The number of tetrazole rings is 1. The van der Waals surface area contributed by atoms with E-state index in [1.165, 1.54) is 31.9 Å². The largest absolute Gasteiger partial charge is 0.416 e. The van der Waals surface area contributed by atoms with Crippen molar-refractivity contribution in [1.29, 1.82) is 0 Å². The quantitative estimate of drug-likeness (QED) is 0.334. The van der Waals surface area contributed by atoms with Gasteiger partial charge in [0.15, 0.2) is 0 Å². The van der Waals surface area contributed by atoms with Crippen LogP contribution in [-0.2, 0) is 32.1 Å². The number of hydrogen-bond acceptors (Lipinski definition) is 6. The van der Waals surface area contributed by atoms with Crippen LogP contribution in [0.15, 0.2) is 24.3 Å². The summed E-state index contributed by atoms with van der Waals surface area (Å²) in [6.45, 7) is 1.93. The predicted molar refractivity (Wildman–Crippen MR) is 134 cm³/mol. The molecule has 2 aromatic carbocycles. The second-order valence-electron chi connectivity index (χ2n) is 10.1. The molecule has 0 amide bonds. The van der Waals surface area contributed by atoms with Crippen LogP contribution in [0, 0.1) is 13.8 Å². The molecular formula is C26H27F9N6O. The van der Waals surface area contributed by atoms with E-state index in [1.54, 1.807) is 4.90 Å². The fourth-order valence-electron chi connectivity index (χ4n) is 5.54. The van der Waals surface area contributed by atoms with Crippen molar-refractivity contribution >= 4 is 11.6 Å². The molecule has 7 nitrogen and oxygen atoms in total. The van der Waals surface area contributed by atoms with E-state index >= 15 is 0 Å². The molecule has 0 bridgehead atoms. The number of β-amino-alcohol motifs (C(OH)–C–C–N with tert-alkyl or cyclic N) is 1. The van der Waals surface area contributed by atoms with Gasteiger partial charge in [0.25, 0.3) is 5.95 Å². The summed E-state index contributed by atoms with van der Waals surface area (Å²) in [5.41, 5.74) is -3.92. The molecule has 230 valence electrons. The van der Waals surface area contributed by atoms with Crippen LogP contribution < -0.4 is 9.80 Å². The van der Waals surface area contributed by atoms with Gasteiger partial charge in [-0.25, -0.2) is 0 Å². The highest BCUT2D eigenvalue weighted by Gasteiger charge is 2.40. The van der Waals surface area contributed by atoms with E-state index in [4.69, 9.17) is 0 Å². The Labute approximate surface area is 234 Å². The van der Waals surface area contributed by atoms with Gasteiger partial charge in [0.05, 0.1) is 36.4 Å². The lowest BCUT2D eigenvalue weighted by Gasteiger charge is -2.34. The number of benzene rings is 2. The average molecular weight is 611 g/mol. The zero-order chi connectivity index (χ0) is 31.2.